The molecule has 0 spiro atoms. The van der Waals surface area contributed by atoms with Gasteiger partial charge in [0.2, 0.25) is 0 Å². The maximum absolute atomic E-state index is 12.1. The van der Waals surface area contributed by atoms with E-state index in [-0.39, 0.29) is 6.42 Å². The van der Waals surface area contributed by atoms with Crippen LogP contribution in [0, 0.1) is 5.92 Å². The first-order chi connectivity index (χ1) is 12.0. The van der Waals surface area contributed by atoms with Crippen LogP contribution >= 0.6 is 0 Å². The second-order valence-corrected chi connectivity index (χ2v) is 7.44. The number of hydrogen-bond acceptors (Lipinski definition) is 0. The van der Waals surface area contributed by atoms with Gasteiger partial charge < -0.3 is 0 Å². The average Bonchev–Trinajstić information content (AvgIpc) is 2.59. The molecular formula is C22H31F3. The van der Waals surface area contributed by atoms with Crippen LogP contribution < -0.4 is 0 Å². The molecule has 3 heteroatoms. The van der Waals surface area contributed by atoms with E-state index in [1.807, 2.05) is 12.1 Å². The summed E-state index contributed by atoms with van der Waals surface area (Å²) in [5, 5.41) is 0. The lowest BCUT2D eigenvalue weighted by atomic mass is 9.77. The number of alkyl halides is 3. The van der Waals surface area contributed by atoms with Crippen LogP contribution in [0.3, 0.4) is 0 Å². The molecule has 1 aromatic rings. The molecule has 2 rings (SSSR count). The Morgan fingerprint density at radius 3 is 2.28 bits per heavy atom. The average molecular weight is 352 g/mol. The van der Waals surface area contributed by atoms with Gasteiger partial charge in [-0.05, 0) is 55.1 Å². The van der Waals surface area contributed by atoms with Crippen LogP contribution in [0.5, 0.6) is 0 Å². The Balaban J connectivity index is 1.76. The molecule has 0 bridgehead atoms. The zero-order valence-electron chi connectivity index (χ0n) is 15.3. The van der Waals surface area contributed by atoms with Crippen LogP contribution in [0.25, 0.3) is 6.08 Å². The van der Waals surface area contributed by atoms with Crippen LogP contribution in [-0.4, -0.2) is 6.18 Å². The van der Waals surface area contributed by atoms with E-state index in [0.29, 0.717) is 5.92 Å². The van der Waals surface area contributed by atoms with Gasteiger partial charge in [0, 0.05) is 6.42 Å². The topological polar surface area (TPSA) is 0 Å². The second kappa shape index (κ2) is 10.0. The summed E-state index contributed by atoms with van der Waals surface area (Å²) in [6, 6.07) is 8.39. The van der Waals surface area contributed by atoms with Crippen LogP contribution in [0.2, 0.25) is 0 Å². The van der Waals surface area contributed by atoms with Crippen molar-refractivity contribution in [3.05, 3.63) is 41.5 Å². The Morgan fingerprint density at radius 2 is 1.68 bits per heavy atom. The van der Waals surface area contributed by atoms with E-state index in [1.54, 1.807) is 12.2 Å². The van der Waals surface area contributed by atoms with Gasteiger partial charge in [0.1, 0.15) is 0 Å². The fraction of sp³-hybridized carbons (Fsp3) is 0.636. The first-order valence-corrected chi connectivity index (χ1v) is 9.81. The summed E-state index contributed by atoms with van der Waals surface area (Å²) in [7, 11) is 0. The summed E-state index contributed by atoms with van der Waals surface area (Å²) in [6.07, 6.45) is 9.30. The van der Waals surface area contributed by atoms with E-state index in [0.717, 1.165) is 11.5 Å². The number of halogens is 3. The largest absolute Gasteiger partial charge is 0.389 e. The van der Waals surface area contributed by atoms with Crippen LogP contribution in [0.4, 0.5) is 13.2 Å². The number of benzene rings is 1. The molecule has 0 heterocycles. The smallest absolute Gasteiger partial charge is 0.171 e. The van der Waals surface area contributed by atoms with Crippen molar-refractivity contribution in [2.75, 3.05) is 0 Å². The maximum atomic E-state index is 12.1. The highest BCUT2D eigenvalue weighted by atomic mass is 19.4. The van der Waals surface area contributed by atoms with Crippen molar-refractivity contribution >= 4 is 6.08 Å². The zero-order valence-corrected chi connectivity index (χ0v) is 15.3. The molecular weight excluding hydrogens is 321 g/mol. The molecule has 0 atom stereocenters. The van der Waals surface area contributed by atoms with Gasteiger partial charge in [0.25, 0.3) is 0 Å². The molecule has 1 aliphatic rings. The molecule has 140 valence electrons. The lowest BCUT2D eigenvalue weighted by Crippen LogP contribution is -2.13. The highest BCUT2D eigenvalue weighted by molar-refractivity contribution is 5.49. The van der Waals surface area contributed by atoms with Gasteiger partial charge >= 0.3 is 6.18 Å². The van der Waals surface area contributed by atoms with Gasteiger partial charge in [-0.15, -0.1) is 0 Å². The van der Waals surface area contributed by atoms with Crippen LogP contribution in [-0.2, 0) is 0 Å². The Hall–Kier alpha value is -1.25. The second-order valence-electron chi connectivity index (χ2n) is 7.44. The van der Waals surface area contributed by atoms with Crippen molar-refractivity contribution in [2.45, 2.75) is 83.2 Å². The number of rotatable bonds is 8. The Bertz CT molecular complexity index is 505. The third-order valence-corrected chi connectivity index (χ3v) is 5.38. The van der Waals surface area contributed by atoms with Crippen LogP contribution in [0.15, 0.2) is 30.3 Å². The molecule has 25 heavy (non-hydrogen) atoms. The molecule has 0 unspecified atom stereocenters. The van der Waals surface area contributed by atoms with Crippen molar-refractivity contribution in [3.63, 3.8) is 0 Å². The summed E-state index contributed by atoms with van der Waals surface area (Å²) in [5.41, 5.74) is 2.37. The lowest BCUT2D eigenvalue weighted by Gasteiger charge is -2.29. The summed E-state index contributed by atoms with van der Waals surface area (Å²) < 4.78 is 36.4. The van der Waals surface area contributed by atoms with Gasteiger partial charge in [0.05, 0.1) is 0 Å². The molecule has 0 nitrogen and oxygen atoms in total. The number of hydrogen-bond donors (Lipinski definition) is 0. The van der Waals surface area contributed by atoms with Crippen molar-refractivity contribution in [3.8, 4) is 0 Å². The van der Waals surface area contributed by atoms with E-state index in [1.165, 1.54) is 56.9 Å². The molecule has 1 aliphatic carbocycles. The highest BCUT2D eigenvalue weighted by Gasteiger charge is 2.25. The fourth-order valence-electron chi connectivity index (χ4n) is 3.81. The number of allylic oxidation sites excluding steroid dienone is 1. The first-order valence-electron chi connectivity index (χ1n) is 9.81. The van der Waals surface area contributed by atoms with Crippen molar-refractivity contribution in [2.24, 2.45) is 5.92 Å². The molecule has 0 saturated heterocycles. The van der Waals surface area contributed by atoms with E-state index in [4.69, 9.17) is 0 Å². The molecule has 0 aromatic heterocycles. The normalized spacial score (nSPS) is 21.8. The standard InChI is InChI=1S/C22H31F3/c1-2-3-4-7-18-9-13-20(14-10-18)21-15-11-19(12-16-21)8-5-6-17-22(23,24)25/h5,8,11-12,15-16,18,20H,2-4,6-7,9-10,13-14,17H2,1H3. The quantitative estimate of drug-likeness (QED) is 0.417. The predicted octanol–water partition coefficient (Wildman–Crippen LogP) is 7.90. The molecule has 0 radical (unpaired) electrons. The van der Waals surface area contributed by atoms with Crippen LogP contribution in [0.1, 0.15) is 88.2 Å². The minimum atomic E-state index is -4.07. The lowest BCUT2D eigenvalue weighted by molar-refractivity contribution is -0.133. The van der Waals surface area contributed by atoms with Gasteiger partial charge in [-0.3, -0.25) is 0 Å². The van der Waals surface area contributed by atoms with Crippen molar-refractivity contribution in [1.82, 2.24) is 0 Å². The Labute approximate surface area is 150 Å². The summed E-state index contributed by atoms with van der Waals surface area (Å²) >= 11 is 0. The maximum Gasteiger partial charge on any atom is 0.389 e. The molecule has 1 saturated carbocycles. The summed E-state index contributed by atoms with van der Waals surface area (Å²) in [6.45, 7) is 2.26. The zero-order chi connectivity index (χ0) is 18.1. The molecule has 0 amide bonds. The molecule has 0 aliphatic heterocycles. The Kier molecular flexibility index (Phi) is 8.05. The minimum Gasteiger partial charge on any atom is -0.171 e. The molecule has 1 fully saturated rings. The third kappa shape index (κ3) is 7.66. The SMILES string of the molecule is CCCCCC1CCC(c2ccc(C=CCCC(F)(F)F)cc2)CC1. The van der Waals surface area contributed by atoms with Gasteiger partial charge in [-0.25, -0.2) is 0 Å². The summed E-state index contributed by atoms with van der Waals surface area (Å²) in [5.74, 6) is 1.57. The van der Waals surface area contributed by atoms with Gasteiger partial charge in [0.15, 0.2) is 0 Å². The van der Waals surface area contributed by atoms with Gasteiger partial charge in [-0.2, -0.15) is 13.2 Å². The summed E-state index contributed by atoms with van der Waals surface area (Å²) in [4.78, 5) is 0. The van der Waals surface area contributed by atoms with Crippen molar-refractivity contribution < 1.29 is 13.2 Å². The Morgan fingerprint density at radius 1 is 1.00 bits per heavy atom. The predicted molar refractivity (Wildman–Crippen MR) is 99.6 cm³/mol. The fourth-order valence-corrected chi connectivity index (χ4v) is 3.81. The highest BCUT2D eigenvalue weighted by Crippen LogP contribution is 2.37. The molecule has 1 aromatic carbocycles. The van der Waals surface area contributed by atoms with E-state index in [9.17, 15) is 13.2 Å². The van der Waals surface area contributed by atoms with Gasteiger partial charge in [-0.1, -0.05) is 69.0 Å². The van der Waals surface area contributed by atoms with E-state index in [2.05, 4.69) is 19.1 Å². The number of unbranched alkanes of at least 4 members (excludes halogenated alkanes) is 2. The molecule has 0 N–H and O–H groups in total. The third-order valence-electron chi connectivity index (χ3n) is 5.38. The monoisotopic (exact) mass is 352 g/mol. The van der Waals surface area contributed by atoms with Crippen molar-refractivity contribution in [1.29, 1.82) is 0 Å². The minimum absolute atomic E-state index is 0.0489. The van der Waals surface area contributed by atoms with E-state index < -0.39 is 12.6 Å². The van der Waals surface area contributed by atoms with E-state index >= 15 is 0 Å². The first kappa shape index (κ1) is 20.1.